The van der Waals surface area contributed by atoms with Crippen LogP contribution in [0.1, 0.15) is 81.5 Å². The summed E-state index contributed by atoms with van der Waals surface area (Å²) in [4.78, 5) is 29.0. The van der Waals surface area contributed by atoms with Gasteiger partial charge in [0.05, 0.1) is 17.1 Å². The third kappa shape index (κ3) is 5.00. The Kier molecular flexibility index (Phi) is 6.94. The highest BCUT2D eigenvalue weighted by molar-refractivity contribution is 5.84. The van der Waals surface area contributed by atoms with Crippen molar-refractivity contribution in [2.45, 2.75) is 88.8 Å². The number of hydrogen-bond acceptors (Lipinski definition) is 4. The van der Waals surface area contributed by atoms with Gasteiger partial charge in [-0.3, -0.25) is 14.5 Å². The number of nitrogens with zero attached hydrogens (tertiary/aromatic N) is 3. The Hall–Kier alpha value is -2.86. The van der Waals surface area contributed by atoms with Crippen LogP contribution in [0.3, 0.4) is 0 Å². The monoisotopic (exact) mass is 501 g/mol. The first-order valence-corrected chi connectivity index (χ1v) is 14.1. The fourth-order valence-electron chi connectivity index (χ4n) is 7.13. The summed E-state index contributed by atoms with van der Waals surface area (Å²) in [5.74, 6) is 0.483. The molecule has 6 rings (SSSR count). The van der Waals surface area contributed by atoms with Gasteiger partial charge in [-0.15, -0.1) is 0 Å². The minimum absolute atomic E-state index is 0.0243. The average Bonchev–Trinajstić information content (AvgIpc) is 3.17. The minimum atomic E-state index is -0.255. The van der Waals surface area contributed by atoms with E-state index in [1.807, 2.05) is 24.3 Å². The molecule has 194 valence electrons. The minimum Gasteiger partial charge on any atom is -0.299 e. The molecule has 3 heterocycles. The van der Waals surface area contributed by atoms with Crippen molar-refractivity contribution in [3.8, 4) is 0 Å². The molecule has 6 heteroatoms. The molecule has 2 atom stereocenters. The van der Waals surface area contributed by atoms with Gasteiger partial charge in [0.1, 0.15) is 11.6 Å². The van der Waals surface area contributed by atoms with Crippen LogP contribution < -0.4 is 5.56 Å². The number of halogens is 1. The van der Waals surface area contributed by atoms with Crippen molar-refractivity contribution in [1.82, 2.24) is 14.7 Å². The van der Waals surface area contributed by atoms with Gasteiger partial charge in [-0.2, -0.15) is 5.10 Å². The average molecular weight is 502 g/mol. The molecule has 2 saturated heterocycles. The van der Waals surface area contributed by atoms with E-state index in [0.29, 0.717) is 36.1 Å². The lowest BCUT2D eigenvalue weighted by atomic mass is 9.85. The van der Waals surface area contributed by atoms with Gasteiger partial charge in [0.2, 0.25) is 0 Å². The molecule has 3 aliphatic rings. The summed E-state index contributed by atoms with van der Waals surface area (Å²) in [6, 6.07) is 15.1. The second-order valence-electron chi connectivity index (χ2n) is 11.3. The molecule has 2 unspecified atom stereocenters. The Balaban J connectivity index is 1.22. The molecule has 2 bridgehead atoms. The highest BCUT2D eigenvalue weighted by Crippen LogP contribution is 2.40. The smallest absolute Gasteiger partial charge is 0.274 e. The predicted octanol–water partition coefficient (Wildman–Crippen LogP) is 5.83. The summed E-state index contributed by atoms with van der Waals surface area (Å²) in [6.45, 7) is 0.854. The summed E-state index contributed by atoms with van der Waals surface area (Å²) in [6.07, 6.45) is 11.1. The number of fused-ring (bicyclic) bond motifs is 3. The fraction of sp³-hybridized carbons (Fsp3) is 0.516. The SMILES string of the molecule is O=C(CCN1C2CCC1CC(n1nc(Cc3ccc(F)cc3)c3ccccc3c1=O)C2)C1CCCCC1. The first-order valence-electron chi connectivity index (χ1n) is 14.1. The Labute approximate surface area is 217 Å². The van der Waals surface area contributed by atoms with Crippen LogP contribution in [0, 0.1) is 11.7 Å². The van der Waals surface area contributed by atoms with Crippen LogP contribution in [0.25, 0.3) is 10.8 Å². The number of carbonyl (C=O) groups excluding carboxylic acids is 1. The third-order valence-electron chi connectivity index (χ3n) is 9.07. The fourth-order valence-corrected chi connectivity index (χ4v) is 7.13. The van der Waals surface area contributed by atoms with E-state index in [2.05, 4.69) is 4.90 Å². The van der Waals surface area contributed by atoms with Crippen molar-refractivity contribution >= 4 is 16.6 Å². The normalized spacial score (nSPS) is 24.5. The van der Waals surface area contributed by atoms with Gasteiger partial charge < -0.3 is 0 Å². The molecule has 0 amide bonds. The molecule has 1 aromatic heterocycles. The zero-order chi connectivity index (χ0) is 25.4. The number of piperidine rings is 1. The Morgan fingerprint density at radius 1 is 0.865 bits per heavy atom. The van der Waals surface area contributed by atoms with Gasteiger partial charge in [0, 0.05) is 42.8 Å². The van der Waals surface area contributed by atoms with E-state index < -0.39 is 0 Å². The number of rotatable bonds is 7. The second kappa shape index (κ2) is 10.5. The van der Waals surface area contributed by atoms with E-state index in [4.69, 9.17) is 5.10 Å². The van der Waals surface area contributed by atoms with Crippen LogP contribution in [-0.4, -0.2) is 39.1 Å². The number of Topliss-reactive ketones (excluding diaryl/α,β-unsaturated/α-hetero) is 1. The van der Waals surface area contributed by atoms with Crippen molar-refractivity contribution in [2.24, 2.45) is 5.92 Å². The molecule has 5 nitrogen and oxygen atoms in total. The quantitative estimate of drug-likeness (QED) is 0.409. The van der Waals surface area contributed by atoms with E-state index in [1.165, 1.54) is 31.4 Å². The molecule has 0 radical (unpaired) electrons. The van der Waals surface area contributed by atoms with Crippen molar-refractivity contribution < 1.29 is 9.18 Å². The lowest BCUT2D eigenvalue weighted by molar-refractivity contribution is -0.124. The number of aromatic nitrogens is 2. The highest BCUT2D eigenvalue weighted by Gasteiger charge is 2.42. The standard InChI is InChI=1S/C31H36FN3O2/c32-23-12-10-21(11-13-23)18-29-27-8-4-5-9-28(27)31(37)35(33-29)26-19-24-14-15-25(20-26)34(24)17-16-30(36)22-6-2-1-3-7-22/h4-5,8-13,22,24-26H,1-3,6-7,14-20H2. The van der Waals surface area contributed by atoms with Gasteiger partial charge in [0.25, 0.3) is 5.56 Å². The zero-order valence-corrected chi connectivity index (χ0v) is 21.4. The number of ketones is 1. The van der Waals surface area contributed by atoms with Gasteiger partial charge in [-0.25, -0.2) is 9.07 Å². The van der Waals surface area contributed by atoms with Gasteiger partial charge in [0.15, 0.2) is 0 Å². The van der Waals surface area contributed by atoms with E-state index in [1.54, 1.807) is 16.8 Å². The number of hydrogen-bond donors (Lipinski definition) is 0. The first kappa shape index (κ1) is 24.5. The molecule has 2 aliphatic heterocycles. The molecular formula is C31H36FN3O2. The maximum absolute atomic E-state index is 13.6. The van der Waals surface area contributed by atoms with E-state index in [9.17, 15) is 14.0 Å². The highest BCUT2D eigenvalue weighted by atomic mass is 19.1. The summed E-state index contributed by atoms with van der Waals surface area (Å²) in [5, 5.41) is 6.50. The largest absolute Gasteiger partial charge is 0.299 e. The molecule has 0 spiro atoms. The maximum atomic E-state index is 13.6. The van der Waals surface area contributed by atoms with Crippen LogP contribution in [0.15, 0.2) is 53.3 Å². The maximum Gasteiger partial charge on any atom is 0.274 e. The van der Waals surface area contributed by atoms with Crippen molar-refractivity contribution in [3.63, 3.8) is 0 Å². The Morgan fingerprint density at radius 3 is 2.24 bits per heavy atom. The molecule has 0 N–H and O–H groups in total. The molecule has 37 heavy (non-hydrogen) atoms. The van der Waals surface area contributed by atoms with Crippen molar-refractivity contribution in [1.29, 1.82) is 0 Å². The van der Waals surface area contributed by atoms with Crippen LogP contribution in [0.4, 0.5) is 4.39 Å². The van der Waals surface area contributed by atoms with E-state index >= 15 is 0 Å². The number of benzene rings is 2. The van der Waals surface area contributed by atoms with Crippen LogP contribution in [0.2, 0.25) is 0 Å². The van der Waals surface area contributed by atoms with Crippen molar-refractivity contribution in [3.05, 3.63) is 76.0 Å². The molecule has 2 aromatic carbocycles. The van der Waals surface area contributed by atoms with Crippen LogP contribution in [0.5, 0.6) is 0 Å². The molecule has 1 aliphatic carbocycles. The lowest BCUT2D eigenvalue weighted by Crippen LogP contribution is -2.46. The number of carbonyl (C=O) groups is 1. The van der Waals surface area contributed by atoms with Crippen LogP contribution in [-0.2, 0) is 11.2 Å². The predicted molar refractivity (Wildman–Crippen MR) is 143 cm³/mol. The van der Waals surface area contributed by atoms with E-state index in [0.717, 1.165) is 61.7 Å². The Bertz CT molecular complexity index is 1310. The summed E-state index contributed by atoms with van der Waals surface area (Å²) in [5.41, 5.74) is 1.81. The topological polar surface area (TPSA) is 55.2 Å². The van der Waals surface area contributed by atoms with Crippen molar-refractivity contribution in [2.75, 3.05) is 6.54 Å². The Morgan fingerprint density at radius 2 is 1.54 bits per heavy atom. The molecule has 3 fully saturated rings. The zero-order valence-electron chi connectivity index (χ0n) is 21.4. The van der Waals surface area contributed by atoms with Gasteiger partial charge in [-0.1, -0.05) is 49.6 Å². The summed E-state index contributed by atoms with van der Waals surface area (Å²) < 4.78 is 15.2. The second-order valence-corrected chi connectivity index (χ2v) is 11.3. The lowest BCUT2D eigenvalue weighted by Gasteiger charge is -2.39. The molecule has 3 aromatic rings. The molecular weight excluding hydrogens is 465 g/mol. The third-order valence-corrected chi connectivity index (χ3v) is 9.07. The van der Waals surface area contributed by atoms with Crippen LogP contribution >= 0.6 is 0 Å². The van der Waals surface area contributed by atoms with Gasteiger partial charge in [-0.05, 0) is 62.3 Å². The first-order chi connectivity index (χ1) is 18.1. The van der Waals surface area contributed by atoms with Gasteiger partial charge >= 0.3 is 0 Å². The summed E-state index contributed by atoms with van der Waals surface area (Å²) >= 11 is 0. The summed E-state index contributed by atoms with van der Waals surface area (Å²) in [7, 11) is 0. The molecule has 1 saturated carbocycles. The van der Waals surface area contributed by atoms with E-state index in [-0.39, 0.29) is 23.3 Å².